The number of carbonyl (C=O) groups excluding carboxylic acids is 2. The molecule has 27 heavy (non-hydrogen) atoms. The van der Waals surface area contributed by atoms with Gasteiger partial charge in [0.05, 0.1) is 26.9 Å². The van der Waals surface area contributed by atoms with Crippen LogP contribution < -0.4 is 16.6 Å². The third-order valence-electron chi connectivity index (χ3n) is 4.31. The molecule has 1 aliphatic rings. The summed E-state index contributed by atoms with van der Waals surface area (Å²) in [6.45, 7) is 0. The van der Waals surface area contributed by atoms with Gasteiger partial charge in [0.15, 0.2) is 0 Å². The van der Waals surface area contributed by atoms with Crippen molar-refractivity contribution in [1.82, 2.24) is 9.88 Å². The second-order valence-corrected chi connectivity index (χ2v) is 6.77. The number of halogens is 2. The molecule has 0 saturated heterocycles. The van der Waals surface area contributed by atoms with Crippen LogP contribution in [-0.4, -0.2) is 16.4 Å². The average molecular weight is 400 g/mol. The Morgan fingerprint density at radius 3 is 2.33 bits per heavy atom. The third-order valence-corrected chi connectivity index (χ3v) is 5.05. The lowest BCUT2D eigenvalue weighted by Crippen LogP contribution is -2.24. The highest BCUT2D eigenvalue weighted by Crippen LogP contribution is 2.30. The maximum absolute atomic E-state index is 12.6. The van der Waals surface area contributed by atoms with Crippen molar-refractivity contribution in [2.75, 3.05) is 5.73 Å². The summed E-state index contributed by atoms with van der Waals surface area (Å²) in [5.74, 6) is -1.34. The van der Waals surface area contributed by atoms with Gasteiger partial charge >= 0.3 is 0 Å². The summed E-state index contributed by atoms with van der Waals surface area (Å²) in [5, 5.41) is 2.98. The van der Waals surface area contributed by atoms with E-state index in [0.29, 0.717) is 15.7 Å². The van der Waals surface area contributed by atoms with E-state index in [9.17, 15) is 14.4 Å². The number of rotatable bonds is 2. The van der Waals surface area contributed by atoms with Crippen molar-refractivity contribution in [1.29, 1.82) is 0 Å². The molecule has 0 unspecified atom stereocenters. The molecular weight excluding hydrogens is 389 g/mol. The number of pyridine rings is 1. The first kappa shape index (κ1) is 17.3. The number of nitrogens with two attached hydrogens (primary N) is 1. The molecule has 0 saturated carbocycles. The standard InChI is InChI=1S/C19H11Cl2N3O3/c20-13-5-4-10(7-14(13)21)9-2-1-3-11(6-9)24-15(25)8-12-16(17(24)22)19(27)23-18(12)26/h1-8H,22H2,(H,23,26,27). The summed E-state index contributed by atoms with van der Waals surface area (Å²) in [7, 11) is 0. The van der Waals surface area contributed by atoms with Gasteiger partial charge in [-0.1, -0.05) is 41.4 Å². The van der Waals surface area contributed by atoms with Crippen LogP contribution in [0.25, 0.3) is 16.8 Å². The van der Waals surface area contributed by atoms with Gasteiger partial charge in [-0.05, 0) is 35.4 Å². The smallest absolute Gasteiger partial charge is 0.262 e. The number of hydrogen-bond acceptors (Lipinski definition) is 4. The van der Waals surface area contributed by atoms with E-state index in [-0.39, 0.29) is 16.9 Å². The molecule has 1 aliphatic heterocycles. The minimum Gasteiger partial charge on any atom is -0.384 e. The molecule has 134 valence electrons. The van der Waals surface area contributed by atoms with Crippen molar-refractivity contribution in [2.24, 2.45) is 0 Å². The number of nitrogens with zero attached hydrogens (tertiary/aromatic N) is 1. The third kappa shape index (κ3) is 2.79. The first-order valence-electron chi connectivity index (χ1n) is 7.84. The van der Waals surface area contributed by atoms with E-state index in [1.165, 1.54) is 4.57 Å². The van der Waals surface area contributed by atoms with Crippen LogP contribution in [0.15, 0.2) is 53.3 Å². The first-order valence-corrected chi connectivity index (χ1v) is 8.59. The average Bonchev–Trinajstić information content (AvgIpc) is 2.91. The first-order chi connectivity index (χ1) is 12.9. The zero-order valence-electron chi connectivity index (χ0n) is 13.6. The highest BCUT2D eigenvalue weighted by molar-refractivity contribution is 6.42. The van der Waals surface area contributed by atoms with Crippen LogP contribution in [0.3, 0.4) is 0 Å². The quantitative estimate of drug-likeness (QED) is 0.646. The molecule has 0 aliphatic carbocycles. The lowest BCUT2D eigenvalue weighted by atomic mass is 10.0. The molecule has 3 aromatic rings. The molecule has 8 heteroatoms. The number of amides is 2. The van der Waals surface area contributed by atoms with E-state index in [0.717, 1.165) is 17.2 Å². The SMILES string of the molecule is Nc1c2c(cc(=O)n1-c1cccc(-c3ccc(Cl)c(Cl)c3)c1)C(=O)NC2=O. The molecule has 0 bridgehead atoms. The van der Waals surface area contributed by atoms with Crippen molar-refractivity contribution in [3.8, 4) is 16.8 Å². The van der Waals surface area contributed by atoms with Gasteiger partial charge in [-0.25, -0.2) is 0 Å². The summed E-state index contributed by atoms with van der Waals surface area (Å²) in [4.78, 5) is 36.3. The molecule has 1 aromatic heterocycles. The van der Waals surface area contributed by atoms with E-state index in [1.807, 2.05) is 6.07 Å². The maximum atomic E-state index is 12.6. The Labute approximate surface area is 163 Å². The van der Waals surface area contributed by atoms with Gasteiger partial charge in [0.2, 0.25) is 0 Å². The van der Waals surface area contributed by atoms with Crippen LogP contribution in [0.2, 0.25) is 10.0 Å². The molecule has 0 fully saturated rings. The Hall–Kier alpha value is -3.09. The Balaban J connectivity index is 1.90. The summed E-state index contributed by atoms with van der Waals surface area (Å²) in [6.07, 6.45) is 0. The number of aromatic nitrogens is 1. The summed E-state index contributed by atoms with van der Waals surface area (Å²) in [6, 6.07) is 13.3. The van der Waals surface area contributed by atoms with E-state index < -0.39 is 17.4 Å². The largest absolute Gasteiger partial charge is 0.384 e. The van der Waals surface area contributed by atoms with Crippen molar-refractivity contribution >= 4 is 40.8 Å². The number of fused-ring (bicyclic) bond motifs is 1. The highest BCUT2D eigenvalue weighted by atomic mass is 35.5. The Bertz CT molecular complexity index is 1200. The number of benzene rings is 2. The Kier molecular flexibility index (Phi) is 4.02. The van der Waals surface area contributed by atoms with Gasteiger partial charge < -0.3 is 5.73 Å². The number of anilines is 1. The van der Waals surface area contributed by atoms with Gasteiger partial charge in [0.1, 0.15) is 5.82 Å². The predicted octanol–water partition coefficient (Wildman–Crippen LogP) is 3.28. The fourth-order valence-electron chi connectivity index (χ4n) is 3.05. The minimum atomic E-state index is -0.629. The molecule has 6 nitrogen and oxygen atoms in total. The van der Waals surface area contributed by atoms with Crippen molar-refractivity contribution < 1.29 is 9.59 Å². The number of hydrogen-bond donors (Lipinski definition) is 2. The number of nitrogen functional groups attached to an aromatic ring is 1. The molecule has 4 rings (SSSR count). The van der Waals surface area contributed by atoms with E-state index in [2.05, 4.69) is 5.32 Å². The summed E-state index contributed by atoms with van der Waals surface area (Å²) < 4.78 is 1.19. The normalized spacial score (nSPS) is 12.8. The minimum absolute atomic E-state index is 0.000426. The molecule has 0 radical (unpaired) electrons. The maximum Gasteiger partial charge on any atom is 0.262 e. The second-order valence-electron chi connectivity index (χ2n) is 5.95. The summed E-state index contributed by atoms with van der Waals surface area (Å²) >= 11 is 12.0. The van der Waals surface area contributed by atoms with Crippen molar-refractivity contribution in [2.45, 2.75) is 0 Å². The van der Waals surface area contributed by atoms with Crippen LogP contribution in [0.5, 0.6) is 0 Å². The topological polar surface area (TPSA) is 94.2 Å². The molecule has 0 spiro atoms. The van der Waals surface area contributed by atoms with E-state index >= 15 is 0 Å². The van der Waals surface area contributed by atoms with Gasteiger partial charge in [0, 0.05) is 6.07 Å². The molecular formula is C19H11Cl2N3O3. The fourth-order valence-corrected chi connectivity index (χ4v) is 3.34. The predicted molar refractivity (Wildman–Crippen MR) is 104 cm³/mol. The Morgan fingerprint density at radius 2 is 1.59 bits per heavy atom. The molecule has 2 aromatic carbocycles. The van der Waals surface area contributed by atoms with Crippen molar-refractivity contribution in [3.05, 3.63) is 80.1 Å². The van der Waals surface area contributed by atoms with Crippen LogP contribution in [0.4, 0.5) is 5.82 Å². The zero-order chi connectivity index (χ0) is 19.3. The number of carbonyl (C=O) groups is 2. The second kappa shape index (κ2) is 6.26. The monoisotopic (exact) mass is 399 g/mol. The van der Waals surface area contributed by atoms with Gasteiger partial charge in [0.25, 0.3) is 17.4 Å². The van der Waals surface area contributed by atoms with Crippen molar-refractivity contribution in [3.63, 3.8) is 0 Å². The molecule has 3 N–H and O–H groups in total. The Morgan fingerprint density at radius 1 is 0.852 bits per heavy atom. The van der Waals surface area contributed by atoms with Crippen LogP contribution in [-0.2, 0) is 0 Å². The zero-order valence-corrected chi connectivity index (χ0v) is 15.1. The van der Waals surface area contributed by atoms with Gasteiger partial charge in [-0.2, -0.15) is 0 Å². The lowest BCUT2D eigenvalue weighted by molar-refractivity contribution is 0.0880. The van der Waals surface area contributed by atoms with Crippen LogP contribution in [0.1, 0.15) is 20.7 Å². The lowest BCUT2D eigenvalue weighted by Gasteiger charge is -2.13. The van der Waals surface area contributed by atoms with Crippen LogP contribution >= 0.6 is 23.2 Å². The van der Waals surface area contributed by atoms with E-state index in [1.54, 1.807) is 36.4 Å². The number of nitrogens with one attached hydrogen (secondary N) is 1. The summed E-state index contributed by atoms with van der Waals surface area (Å²) in [5.41, 5.74) is 7.57. The van der Waals surface area contributed by atoms with E-state index in [4.69, 9.17) is 28.9 Å². The van der Waals surface area contributed by atoms with Crippen LogP contribution in [0, 0.1) is 0 Å². The fraction of sp³-hybridized carbons (Fsp3) is 0. The van der Waals surface area contributed by atoms with Gasteiger partial charge in [-0.15, -0.1) is 0 Å². The number of imide groups is 1. The molecule has 2 amide bonds. The molecule has 0 atom stereocenters. The van der Waals surface area contributed by atoms with Gasteiger partial charge in [-0.3, -0.25) is 24.3 Å². The highest BCUT2D eigenvalue weighted by Gasteiger charge is 2.31. The molecule has 2 heterocycles.